The quantitative estimate of drug-likeness (QED) is 0.680. The molecule has 6 nitrogen and oxygen atoms in total. The second kappa shape index (κ2) is 7.58. The molecule has 1 atom stereocenters. The number of allylic oxidation sites excluding steroid dienone is 1. The van der Waals surface area contributed by atoms with E-state index in [4.69, 9.17) is 24.7 Å². The molecule has 0 saturated carbocycles. The minimum atomic E-state index is -0.507. The van der Waals surface area contributed by atoms with Crippen molar-refractivity contribution in [2.45, 2.75) is 12.5 Å². The molecule has 0 radical (unpaired) electrons. The fraction of sp³-hybridized carbons (Fsp3) is 0.125. The smallest absolute Gasteiger partial charge is 0.231 e. The van der Waals surface area contributed by atoms with E-state index in [9.17, 15) is 9.65 Å². The van der Waals surface area contributed by atoms with Crippen molar-refractivity contribution >= 4 is 0 Å². The molecule has 0 spiro atoms. The van der Waals surface area contributed by atoms with Gasteiger partial charge < -0.3 is 24.7 Å². The lowest BCUT2D eigenvalue weighted by molar-refractivity contribution is 0.174. The first-order valence-electron chi connectivity index (χ1n) is 9.61. The van der Waals surface area contributed by atoms with Crippen molar-refractivity contribution in [2.75, 3.05) is 6.79 Å². The lowest BCUT2D eigenvalue weighted by atomic mass is 9.83. The van der Waals surface area contributed by atoms with Crippen LogP contribution in [0.5, 0.6) is 23.0 Å². The fourth-order valence-corrected chi connectivity index (χ4v) is 3.76. The molecule has 0 bridgehead atoms. The molecular weight excluding hydrogens is 399 g/mol. The highest BCUT2D eigenvalue weighted by Gasteiger charge is 2.34. The number of rotatable bonds is 4. The Morgan fingerprint density at radius 2 is 1.74 bits per heavy atom. The third kappa shape index (κ3) is 3.38. The van der Waals surface area contributed by atoms with Crippen molar-refractivity contribution in [1.82, 2.24) is 0 Å². The number of fused-ring (bicyclic) bond motifs is 2. The van der Waals surface area contributed by atoms with Crippen molar-refractivity contribution in [1.29, 1.82) is 5.26 Å². The first-order chi connectivity index (χ1) is 15.1. The minimum Gasteiger partial charge on any atom is -0.489 e. The van der Waals surface area contributed by atoms with Crippen LogP contribution in [0.1, 0.15) is 22.6 Å². The van der Waals surface area contributed by atoms with Crippen molar-refractivity contribution < 1.29 is 23.3 Å². The molecule has 3 aromatic rings. The van der Waals surface area contributed by atoms with Crippen LogP contribution in [-0.2, 0) is 6.61 Å². The van der Waals surface area contributed by atoms with E-state index >= 15 is 0 Å². The Bertz CT molecular complexity index is 1230. The number of nitriles is 1. The summed E-state index contributed by atoms with van der Waals surface area (Å²) in [6.45, 7) is 0.365. The number of hydrogen-bond acceptors (Lipinski definition) is 6. The first kappa shape index (κ1) is 18.8. The monoisotopic (exact) mass is 416 g/mol. The highest BCUT2D eigenvalue weighted by atomic mass is 19.1. The molecule has 0 aliphatic carbocycles. The summed E-state index contributed by atoms with van der Waals surface area (Å²) in [5.74, 6) is 1.45. The molecule has 7 heteroatoms. The van der Waals surface area contributed by atoms with Crippen molar-refractivity contribution in [3.63, 3.8) is 0 Å². The third-order valence-electron chi connectivity index (χ3n) is 5.25. The topological polar surface area (TPSA) is 86.7 Å². The standard InChI is InChI=1S/C24H17FN2O4/c25-15-7-5-14(6-8-15)12-28-19-4-2-1-3-16(19)23-17-9-21-22(30-13-29-21)10-20(17)31-24(27)18(23)11-26/h1-10,23H,12-13,27H2. The van der Waals surface area contributed by atoms with Crippen LogP contribution in [-0.4, -0.2) is 6.79 Å². The summed E-state index contributed by atoms with van der Waals surface area (Å²) < 4.78 is 35.9. The summed E-state index contributed by atoms with van der Waals surface area (Å²) in [7, 11) is 0. The van der Waals surface area contributed by atoms with Crippen molar-refractivity contribution in [3.05, 3.63) is 94.6 Å². The van der Waals surface area contributed by atoms with E-state index in [0.717, 1.165) is 16.7 Å². The maximum atomic E-state index is 13.2. The largest absolute Gasteiger partial charge is 0.489 e. The van der Waals surface area contributed by atoms with Crippen molar-refractivity contribution in [3.8, 4) is 29.1 Å². The minimum absolute atomic E-state index is 0.0344. The summed E-state index contributed by atoms with van der Waals surface area (Å²) in [6, 6.07) is 19.2. The van der Waals surface area contributed by atoms with Crippen LogP contribution in [0.25, 0.3) is 0 Å². The van der Waals surface area contributed by atoms with Gasteiger partial charge in [-0.2, -0.15) is 5.26 Å². The fourth-order valence-electron chi connectivity index (χ4n) is 3.76. The molecule has 0 fully saturated rings. The molecule has 2 N–H and O–H groups in total. The van der Waals surface area contributed by atoms with Gasteiger partial charge in [0, 0.05) is 17.2 Å². The maximum absolute atomic E-state index is 13.2. The normalized spacial score (nSPS) is 16.3. The van der Waals surface area contributed by atoms with Gasteiger partial charge in [-0.25, -0.2) is 4.39 Å². The van der Waals surface area contributed by atoms with Crippen LogP contribution in [0.15, 0.2) is 72.1 Å². The number of halogens is 1. The van der Waals surface area contributed by atoms with Gasteiger partial charge in [-0.3, -0.25) is 0 Å². The average Bonchev–Trinajstić information content (AvgIpc) is 3.24. The lowest BCUT2D eigenvalue weighted by Gasteiger charge is -2.28. The van der Waals surface area contributed by atoms with Gasteiger partial charge in [0.05, 0.1) is 5.92 Å². The Balaban J connectivity index is 1.56. The number of para-hydroxylation sites is 1. The van der Waals surface area contributed by atoms with Gasteiger partial charge in [-0.1, -0.05) is 30.3 Å². The Labute approximate surface area is 177 Å². The molecule has 0 aromatic heterocycles. The van der Waals surface area contributed by atoms with E-state index in [1.807, 2.05) is 30.3 Å². The lowest BCUT2D eigenvalue weighted by Crippen LogP contribution is -2.21. The van der Waals surface area contributed by atoms with E-state index in [0.29, 0.717) is 23.0 Å². The highest BCUT2D eigenvalue weighted by Crippen LogP contribution is 2.49. The van der Waals surface area contributed by atoms with Gasteiger partial charge in [0.25, 0.3) is 0 Å². The zero-order valence-corrected chi connectivity index (χ0v) is 16.3. The van der Waals surface area contributed by atoms with E-state index in [1.165, 1.54) is 12.1 Å². The van der Waals surface area contributed by atoms with Crippen LogP contribution < -0.4 is 24.7 Å². The Kier molecular flexibility index (Phi) is 4.60. The maximum Gasteiger partial charge on any atom is 0.231 e. The van der Waals surface area contributed by atoms with Gasteiger partial charge in [-0.15, -0.1) is 0 Å². The summed E-state index contributed by atoms with van der Waals surface area (Å²) in [5.41, 5.74) is 8.68. The van der Waals surface area contributed by atoms with E-state index in [2.05, 4.69) is 6.07 Å². The molecular formula is C24H17FN2O4. The van der Waals surface area contributed by atoms with Crippen LogP contribution in [0, 0.1) is 17.1 Å². The zero-order chi connectivity index (χ0) is 21.4. The molecule has 31 heavy (non-hydrogen) atoms. The molecule has 1 unspecified atom stereocenters. The van der Waals surface area contributed by atoms with E-state index < -0.39 is 5.92 Å². The highest BCUT2D eigenvalue weighted by molar-refractivity contribution is 5.63. The summed E-state index contributed by atoms with van der Waals surface area (Å²) in [4.78, 5) is 0. The van der Waals surface area contributed by atoms with Crippen LogP contribution in [0.4, 0.5) is 4.39 Å². The predicted molar refractivity (Wildman–Crippen MR) is 109 cm³/mol. The Morgan fingerprint density at radius 1 is 1.00 bits per heavy atom. The predicted octanol–water partition coefficient (Wildman–Crippen LogP) is 4.35. The van der Waals surface area contributed by atoms with Gasteiger partial charge in [0.15, 0.2) is 11.5 Å². The molecule has 2 aliphatic heterocycles. The second-order valence-corrected chi connectivity index (χ2v) is 7.12. The second-order valence-electron chi connectivity index (χ2n) is 7.12. The number of nitrogens with two attached hydrogens (primary N) is 1. The van der Waals surface area contributed by atoms with Gasteiger partial charge in [-0.05, 0) is 29.8 Å². The number of ether oxygens (including phenoxy) is 4. The molecule has 2 aliphatic rings. The third-order valence-corrected chi connectivity index (χ3v) is 5.25. The van der Waals surface area contributed by atoms with E-state index in [1.54, 1.807) is 18.2 Å². The number of hydrogen-bond donors (Lipinski definition) is 1. The van der Waals surface area contributed by atoms with Gasteiger partial charge >= 0.3 is 0 Å². The zero-order valence-electron chi connectivity index (χ0n) is 16.3. The molecule has 0 saturated heterocycles. The molecule has 5 rings (SSSR count). The van der Waals surface area contributed by atoms with Crippen molar-refractivity contribution in [2.24, 2.45) is 5.73 Å². The van der Waals surface area contributed by atoms with Crippen LogP contribution in [0.3, 0.4) is 0 Å². The summed E-state index contributed by atoms with van der Waals surface area (Å²) >= 11 is 0. The molecule has 0 amide bonds. The Morgan fingerprint density at radius 3 is 2.52 bits per heavy atom. The SMILES string of the molecule is N#CC1=C(N)Oc2cc3c(cc2C1c1ccccc1OCc1ccc(F)cc1)OCO3. The van der Waals surface area contributed by atoms with Gasteiger partial charge in [0.1, 0.15) is 35.6 Å². The number of nitrogens with zero attached hydrogens (tertiary/aromatic N) is 1. The summed E-state index contributed by atoms with van der Waals surface area (Å²) in [5, 5.41) is 9.84. The summed E-state index contributed by atoms with van der Waals surface area (Å²) in [6.07, 6.45) is 0. The van der Waals surface area contributed by atoms with Crippen LogP contribution >= 0.6 is 0 Å². The molecule has 154 valence electrons. The number of benzene rings is 3. The van der Waals surface area contributed by atoms with E-state index in [-0.39, 0.29) is 30.7 Å². The Hall–Kier alpha value is -4.18. The molecule has 2 heterocycles. The average molecular weight is 416 g/mol. The van der Waals surface area contributed by atoms with Crippen LogP contribution in [0.2, 0.25) is 0 Å². The first-order valence-corrected chi connectivity index (χ1v) is 9.61. The molecule has 3 aromatic carbocycles. The van der Waals surface area contributed by atoms with Gasteiger partial charge in [0.2, 0.25) is 12.7 Å².